The molecule has 0 aliphatic carbocycles. The van der Waals surface area contributed by atoms with E-state index in [9.17, 15) is 0 Å². The number of thiazole rings is 1. The highest BCUT2D eigenvalue weighted by Gasteiger charge is 2.15. The number of para-hydroxylation sites is 1. The van der Waals surface area contributed by atoms with Crippen molar-refractivity contribution in [2.75, 3.05) is 0 Å². The molecule has 110 valence electrons. The number of aliphatic hydroxyl groups is 1. The summed E-state index contributed by atoms with van der Waals surface area (Å²) in [6.45, 7) is 0.568. The van der Waals surface area contributed by atoms with Crippen LogP contribution in [0.25, 0.3) is 22.4 Å². The van der Waals surface area contributed by atoms with Gasteiger partial charge in [0.05, 0.1) is 17.6 Å². The molecule has 0 saturated heterocycles. The van der Waals surface area contributed by atoms with Gasteiger partial charge in [0.15, 0.2) is 5.76 Å². The lowest BCUT2D eigenvalue weighted by Gasteiger charge is -1.99. The van der Waals surface area contributed by atoms with Gasteiger partial charge in [-0.05, 0) is 18.2 Å². The Morgan fingerprint density at radius 1 is 1.18 bits per heavy atom. The summed E-state index contributed by atoms with van der Waals surface area (Å²) in [7, 11) is 0. The summed E-state index contributed by atoms with van der Waals surface area (Å²) in [6, 6.07) is 11.7. The molecule has 0 spiro atoms. The van der Waals surface area contributed by atoms with Crippen LogP contribution in [-0.4, -0.2) is 19.9 Å². The molecule has 22 heavy (non-hydrogen) atoms. The van der Waals surface area contributed by atoms with Gasteiger partial charge in [0.1, 0.15) is 18.1 Å². The van der Waals surface area contributed by atoms with Crippen molar-refractivity contribution in [2.45, 2.75) is 13.2 Å². The van der Waals surface area contributed by atoms with Gasteiger partial charge in [-0.25, -0.2) is 0 Å². The molecule has 0 bridgehead atoms. The Balaban J connectivity index is 1.85. The van der Waals surface area contributed by atoms with Gasteiger partial charge in [0.25, 0.3) is 0 Å². The molecular weight excluding hydrogens is 298 g/mol. The van der Waals surface area contributed by atoms with Crippen LogP contribution in [-0.2, 0) is 13.2 Å². The highest BCUT2D eigenvalue weighted by molar-refractivity contribution is 7.09. The predicted molar refractivity (Wildman–Crippen MR) is 84.6 cm³/mol. The van der Waals surface area contributed by atoms with Crippen molar-refractivity contribution < 1.29 is 9.52 Å². The molecule has 0 amide bonds. The lowest BCUT2D eigenvalue weighted by Crippen LogP contribution is -1.99. The van der Waals surface area contributed by atoms with Crippen molar-refractivity contribution in [3.05, 3.63) is 58.7 Å². The van der Waals surface area contributed by atoms with Crippen LogP contribution < -0.4 is 0 Å². The van der Waals surface area contributed by atoms with Crippen LogP contribution in [0.1, 0.15) is 10.6 Å². The summed E-state index contributed by atoms with van der Waals surface area (Å²) < 4.78 is 7.60. The Bertz CT molecular complexity index is 909. The number of rotatable bonds is 4. The second-order valence-corrected chi connectivity index (χ2v) is 5.89. The SMILES string of the molecule is OCc1ccc(-c2nn(Cc3cncs3)c3ccccc23)o1. The fourth-order valence-corrected chi connectivity index (χ4v) is 3.06. The topological polar surface area (TPSA) is 64.1 Å². The number of hydrogen-bond acceptors (Lipinski definition) is 5. The van der Waals surface area contributed by atoms with Crippen molar-refractivity contribution in [2.24, 2.45) is 0 Å². The maximum atomic E-state index is 9.16. The quantitative estimate of drug-likeness (QED) is 0.628. The number of aromatic nitrogens is 3. The number of hydrogen-bond donors (Lipinski definition) is 1. The molecule has 4 rings (SSSR count). The number of benzene rings is 1. The standard InChI is InChI=1S/C16H13N3O2S/c20-9-11-5-6-15(21-11)16-13-3-1-2-4-14(13)19(18-16)8-12-7-17-10-22-12/h1-7,10,20H,8-9H2. The van der Waals surface area contributed by atoms with E-state index in [0.29, 0.717) is 18.1 Å². The van der Waals surface area contributed by atoms with Crippen LogP contribution in [0.5, 0.6) is 0 Å². The zero-order valence-electron chi connectivity index (χ0n) is 11.6. The fourth-order valence-electron chi connectivity index (χ4n) is 2.49. The van der Waals surface area contributed by atoms with Crippen molar-refractivity contribution in [1.29, 1.82) is 0 Å². The van der Waals surface area contributed by atoms with Crippen LogP contribution in [0, 0.1) is 0 Å². The Morgan fingerprint density at radius 2 is 2.09 bits per heavy atom. The van der Waals surface area contributed by atoms with Crippen molar-refractivity contribution in [3.63, 3.8) is 0 Å². The molecule has 3 heterocycles. The molecule has 1 aromatic carbocycles. The highest BCUT2D eigenvalue weighted by atomic mass is 32.1. The first-order valence-corrected chi connectivity index (χ1v) is 7.76. The highest BCUT2D eigenvalue weighted by Crippen LogP contribution is 2.30. The van der Waals surface area contributed by atoms with Gasteiger partial charge in [-0.15, -0.1) is 11.3 Å². The smallest absolute Gasteiger partial charge is 0.155 e. The maximum Gasteiger partial charge on any atom is 0.155 e. The van der Waals surface area contributed by atoms with Crippen LogP contribution in [0.2, 0.25) is 0 Å². The summed E-state index contributed by atoms with van der Waals surface area (Å²) in [6.07, 6.45) is 1.86. The lowest BCUT2D eigenvalue weighted by molar-refractivity contribution is 0.248. The summed E-state index contributed by atoms with van der Waals surface area (Å²) in [5, 5.41) is 14.9. The zero-order chi connectivity index (χ0) is 14.9. The second kappa shape index (κ2) is 5.40. The summed E-state index contributed by atoms with van der Waals surface area (Å²) >= 11 is 1.61. The van der Waals surface area contributed by atoms with E-state index in [-0.39, 0.29) is 6.61 Å². The van der Waals surface area contributed by atoms with Gasteiger partial charge in [0.2, 0.25) is 0 Å². The molecule has 0 saturated carbocycles. The normalized spacial score (nSPS) is 11.3. The molecule has 0 unspecified atom stereocenters. The number of nitrogens with zero attached hydrogens (tertiary/aromatic N) is 3. The van der Waals surface area contributed by atoms with Gasteiger partial charge < -0.3 is 9.52 Å². The third-order valence-electron chi connectivity index (χ3n) is 3.50. The van der Waals surface area contributed by atoms with Crippen LogP contribution in [0.3, 0.4) is 0 Å². The van der Waals surface area contributed by atoms with Gasteiger partial charge in [-0.2, -0.15) is 5.10 Å². The van der Waals surface area contributed by atoms with E-state index < -0.39 is 0 Å². The second-order valence-electron chi connectivity index (χ2n) is 4.92. The molecule has 5 nitrogen and oxygen atoms in total. The zero-order valence-corrected chi connectivity index (χ0v) is 12.5. The first kappa shape index (κ1) is 13.2. The predicted octanol–water partition coefficient (Wildman–Crippen LogP) is 3.29. The minimum Gasteiger partial charge on any atom is -0.457 e. The molecule has 0 radical (unpaired) electrons. The number of furan rings is 1. The van der Waals surface area contributed by atoms with Crippen molar-refractivity contribution >= 4 is 22.2 Å². The van der Waals surface area contributed by atoms with E-state index in [4.69, 9.17) is 14.6 Å². The van der Waals surface area contributed by atoms with E-state index in [1.165, 1.54) is 0 Å². The van der Waals surface area contributed by atoms with Crippen LogP contribution in [0.15, 0.2) is 52.5 Å². The summed E-state index contributed by atoms with van der Waals surface area (Å²) in [4.78, 5) is 5.26. The Labute approximate surface area is 130 Å². The first-order valence-electron chi connectivity index (χ1n) is 6.88. The van der Waals surface area contributed by atoms with E-state index in [1.54, 1.807) is 17.4 Å². The molecule has 6 heteroatoms. The van der Waals surface area contributed by atoms with Gasteiger partial charge >= 0.3 is 0 Å². The average molecular weight is 311 g/mol. The molecular formula is C16H13N3O2S. The maximum absolute atomic E-state index is 9.16. The van der Waals surface area contributed by atoms with Crippen molar-refractivity contribution in [3.8, 4) is 11.5 Å². The van der Waals surface area contributed by atoms with Crippen molar-refractivity contribution in [1.82, 2.24) is 14.8 Å². The molecule has 0 aliphatic rings. The average Bonchev–Trinajstić information content (AvgIpc) is 3.27. The van der Waals surface area contributed by atoms with Crippen LogP contribution >= 0.6 is 11.3 Å². The molecule has 4 aromatic rings. The molecule has 0 aliphatic heterocycles. The Hall–Kier alpha value is -2.44. The fraction of sp³-hybridized carbons (Fsp3) is 0.125. The third kappa shape index (κ3) is 2.22. The largest absolute Gasteiger partial charge is 0.457 e. The van der Waals surface area contributed by atoms with Crippen LogP contribution in [0.4, 0.5) is 0 Å². The minimum absolute atomic E-state index is 0.112. The van der Waals surface area contributed by atoms with E-state index >= 15 is 0 Å². The molecule has 1 N–H and O–H groups in total. The molecule has 0 fully saturated rings. The monoisotopic (exact) mass is 311 g/mol. The molecule has 0 atom stereocenters. The van der Waals surface area contributed by atoms with E-state index in [0.717, 1.165) is 21.5 Å². The van der Waals surface area contributed by atoms with Gasteiger partial charge in [0, 0.05) is 16.5 Å². The first-order chi connectivity index (χ1) is 10.8. The van der Waals surface area contributed by atoms with Gasteiger partial charge in [-0.3, -0.25) is 9.67 Å². The summed E-state index contributed by atoms with van der Waals surface area (Å²) in [5.74, 6) is 1.21. The third-order valence-corrected chi connectivity index (χ3v) is 4.26. The Morgan fingerprint density at radius 3 is 2.86 bits per heavy atom. The number of fused-ring (bicyclic) bond motifs is 1. The number of aliphatic hydroxyl groups excluding tert-OH is 1. The minimum atomic E-state index is -0.112. The molecule has 3 aromatic heterocycles. The Kier molecular flexibility index (Phi) is 3.25. The lowest BCUT2D eigenvalue weighted by atomic mass is 10.2. The van der Waals surface area contributed by atoms with E-state index in [1.807, 2.05) is 46.7 Å². The summed E-state index contributed by atoms with van der Waals surface area (Å²) in [5.41, 5.74) is 3.66. The van der Waals surface area contributed by atoms with Gasteiger partial charge in [-0.1, -0.05) is 18.2 Å². The van der Waals surface area contributed by atoms with E-state index in [2.05, 4.69) is 4.98 Å².